The van der Waals surface area contributed by atoms with Crippen molar-refractivity contribution in [3.8, 4) is 0 Å². The predicted molar refractivity (Wildman–Crippen MR) is 69.5 cm³/mol. The van der Waals surface area contributed by atoms with Gasteiger partial charge in [-0.2, -0.15) is 0 Å². The lowest BCUT2D eigenvalue weighted by molar-refractivity contribution is -0.137. The van der Waals surface area contributed by atoms with E-state index in [-0.39, 0.29) is 12.1 Å². The molecule has 0 spiro atoms. The molecule has 0 fully saturated rings. The van der Waals surface area contributed by atoms with Crippen molar-refractivity contribution in [2.24, 2.45) is 0 Å². The van der Waals surface area contributed by atoms with Gasteiger partial charge >= 0.3 is 12.0 Å². The average Bonchev–Trinajstić information content (AvgIpc) is 2.36. The molecule has 1 aromatic rings. The highest BCUT2D eigenvalue weighted by atomic mass is 19.1. The quantitative estimate of drug-likeness (QED) is 0.665. The highest BCUT2D eigenvalue weighted by Gasteiger charge is 2.04. The summed E-state index contributed by atoms with van der Waals surface area (Å²) in [4.78, 5) is 21.7. The number of halogens is 1. The number of nitrogens with one attached hydrogen (secondary N) is 2. The second-order valence-corrected chi connectivity index (χ2v) is 4.07. The van der Waals surface area contributed by atoms with Crippen LogP contribution in [0.5, 0.6) is 0 Å². The minimum Gasteiger partial charge on any atom is -0.481 e. The number of carbonyl (C=O) groups excluding carboxylic acids is 1. The number of carbonyl (C=O) groups is 2. The second kappa shape index (κ2) is 8.07. The summed E-state index contributed by atoms with van der Waals surface area (Å²) in [5.74, 6) is -1.30. The van der Waals surface area contributed by atoms with Crippen molar-refractivity contribution in [2.45, 2.75) is 25.7 Å². The van der Waals surface area contributed by atoms with E-state index < -0.39 is 17.8 Å². The standard InChI is InChI=1S/C13H17FN2O3/c14-10-6-3-4-7-11(10)16-13(19)15-9-5-1-2-8-12(17)18/h3-4,6-7H,1-2,5,8-9H2,(H,17,18)(H2,15,16,19). The summed E-state index contributed by atoms with van der Waals surface area (Å²) in [7, 11) is 0. The van der Waals surface area contributed by atoms with Gasteiger partial charge in [-0.15, -0.1) is 0 Å². The molecule has 1 aromatic carbocycles. The molecule has 0 heterocycles. The van der Waals surface area contributed by atoms with Crippen LogP contribution in [0.3, 0.4) is 0 Å². The first-order chi connectivity index (χ1) is 9.09. The van der Waals surface area contributed by atoms with E-state index in [1.165, 1.54) is 12.1 Å². The molecule has 0 aliphatic heterocycles. The predicted octanol–water partition coefficient (Wildman–Crippen LogP) is 2.59. The maximum Gasteiger partial charge on any atom is 0.319 e. The molecule has 0 aliphatic carbocycles. The number of benzene rings is 1. The number of para-hydroxylation sites is 1. The number of amides is 2. The fourth-order valence-electron chi connectivity index (χ4n) is 1.51. The minimum atomic E-state index is -0.815. The lowest BCUT2D eigenvalue weighted by Gasteiger charge is -2.07. The minimum absolute atomic E-state index is 0.130. The number of aliphatic carboxylic acids is 1. The zero-order valence-corrected chi connectivity index (χ0v) is 10.5. The van der Waals surface area contributed by atoms with Crippen molar-refractivity contribution in [3.63, 3.8) is 0 Å². The Bertz CT molecular complexity index is 438. The molecule has 0 saturated heterocycles. The SMILES string of the molecule is O=C(O)CCCCCNC(=O)Nc1ccccc1F. The van der Waals surface area contributed by atoms with E-state index >= 15 is 0 Å². The molecule has 0 saturated carbocycles. The van der Waals surface area contributed by atoms with Crippen LogP contribution < -0.4 is 10.6 Å². The Labute approximate surface area is 110 Å². The Kier molecular flexibility index (Phi) is 6.35. The Morgan fingerprint density at radius 1 is 1.16 bits per heavy atom. The smallest absolute Gasteiger partial charge is 0.319 e. The highest BCUT2D eigenvalue weighted by molar-refractivity contribution is 5.89. The summed E-state index contributed by atoms with van der Waals surface area (Å²) in [5, 5.41) is 13.4. The molecule has 104 valence electrons. The fourth-order valence-corrected chi connectivity index (χ4v) is 1.51. The van der Waals surface area contributed by atoms with Crippen LogP contribution in [-0.2, 0) is 4.79 Å². The largest absolute Gasteiger partial charge is 0.481 e. The van der Waals surface area contributed by atoms with Gasteiger partial charge in [0.05, 0.1) is 5.69 Å². The van der Waals surface area contributed by atoms with Crippen LogP contribution in [0.1, 0.15) is 25.7 Å². The van der Waals surface area contributed by atoms with Gasteiger partial charge in [-0.1, -0.05) is 18.6 Å². The van der Waals surface area contributed by atoms with Gasteiger partial charge in [-0.05, 0) is 25.0 Å². The van der Waals surface area contributed by atoms with Gasteiger partial charge in [0.15, 0.2) is 0 Å². The molecule has 0 aliphatic rings. The number of carboxylic acid groups (broad SMARTS) is 1. The first-order valence-corrected chi connectivity index (χ1v) is 6.11. The molecular formula is C13H17FN2O3. The molecule has 0 bridgehead atoms. The van der Waals surface area contributed by atoms with Crippen LogP contribution in [0.4, 0.5) is 14.9 Å². The lowest BCUT2D eigenvalue weighted by Crippen LogP contribution is -2.29. The van der Waals surface area contributed by atoms with Crippen molar-refractivity contribution in [3.05, 3.63) is 30.1 Å². The average molecular weight is 268 g/mol. The summed E-state index contributed by atoms with van der Waals surface area (Å²) in [6.45, 7) is 0.430. The van der Waals surface area contributed by atoms with E-state index in [9.17, 15) is 14.0 Å². The molecule has 19 heavy (non-hydrogen) atoms. The molecule has 6 heteroatoms. The third-order valence-corrected chi connectivity index (χ3v) is 2.48. The Balaban J connectivity index is 2.15. The third-order valence-electron chi connectivity index (χ3n) is 2.48. The number of urea groups is 1. The molecule has 0 radical (unpaired) electrons. The van der Waals surface area contributed by atoms with E-state index in [4.69, 9.17) is 5.11 Å². The van der Waals surface area contributed by atoms with Gasteiger partial charge in [-0.3, -0.25) is 4.79 Å². The Morgan fingerprint density at radius 3 is 2.58 bits per heavy atom. The van der Waals surface area contributed by atoms with Gasteiger partial charge < -0.3 is 15.7 Å². The van der Waals surface area contributed by atoms with Crippen LogP contribution in [0.15, 0.2) is 24.3 Å². The summed E-state index contributed by atoms with van der Waals surface area (Å²) >= 11 is 0. The van der Waals surface area contributed by atoms with Crippen molar-refractivity contribution in [2.75, 3.05) is 11.9 Å². The Hall–Kier alpha value is -2.11. The van der Waals surface area contributed by atoms with Gasteiger partial charge in [0.2, 0.25) is 0 Å². The van der Waals surface area contributed by atoms with Crippen LogP contribution in [0.25, 0.3) is 0 Å². The third kappa shape index (κ3) is 6.40. The van der Waals surface area contributed by atoms with Gasteiger partial charge in [-0.25, -0.2) is 9.18 Å². The van der Waals surface area contributed by atoms with Crippen LogP contribution in [0, 0.1) is 5.82 Å². The summed E-state index contributed by atoms with van der Waals surface area (Å²) in [6.07, 6.45) is 2.15. The van der Waals surface area contributed by atoms with Crippen molar-refractivity contribution in [1.29, 1.82) is 0 Å². The fraction of sp³-hybridized carbons (Fsp3) is 0.385. The number of hydrogen-bond acceptors (Lipinski definition) is 2. The summed E-state index contributed by atoms with van der Waals surface area (Å²) in [5.41, 5.74) is 0.130. The normalized spacial score (nSPS) is 9.95. The van der Waals surface area contributed by atoms with E-state index in [1.807, 2.05) is 0 Å². The van der Waals surface area contributed by atoms with Crippen molar-refractivity contribution < 1.29 is 19.1 Å². The van der Waals surface area contributed by atoms with Crippen LogP contribution in [0.2, 0.25) is 0 Å². The lowest BCUT2D eigenvalue weighted by atomic mass is 10.2. The molecule has 0 unspecified atom stereocenters. The topological polar surface area (TPSA) is 78.4 Å². The number of anilines is 1. The maximum absolute atomic E-state index is 13.2. The van der Waals surface area contributed by atoms with Crippen molar-refractivity contribution in [1.82, 2.24) is 5.32 Å². The molecule has 3 N–H and O–H groups in total. The molecule has 5 nitrogen and oxygen atoms in total. The monoisotopic (exact) mass is 268 g/mol. The van der Waals surface area contributed by atoms with E-state index in [0.29, 0.717) is 19.4 Å². The van der Waals surface area contributed by atoms with Gasteiger partial charge in [0.1, 0.15) is 5.82 Å². The van der Waals surface area contributed by atoms with Gasteiger partial charge in [0, 0.05) is 13.0 Å². The molecule has 0 aromatic heterocycles. The summed E-state index contributed by atoms with van der Waals surface area (Å²) in [6, 6.07) is 5.44. The summed E-state index contributed by atoms with van der Waals surface area (Å²) < 4.78 is 13.2. The molecule has 1 rings (SSSR count). The van der Waals surface area contributed by atoms with Gasteiger partial charge in [0.25, 0.3) is 0 Å². The van der Waals surface area contributed by atoms with E-state index in [0.717, 1.165) is 6.42 Å². The number of unbranched alkanes of at least 4 members (excludes halogenated alkanes) is 2. The van der Waals surface area contributed by atoms with Crippen molar-refractivity contribution >= 4 is 17.7 Å². The molecular weight excluding hydrogens is 251 g/mol. The number of rotatable bonds is 7. The zero-order chi connectivity index (χ0) is 14.1. The number of hydrogen-bond donors (Lipinski definition) is 3. The van der Waals surface area contributed by atoms with E-state index in [1.54, 1.807) is 12.1 Å². The maximum atomic E-state index is 13.2. The zero-order valence-electron chi connectivity index (χ0n) is 10.5. The van der Waals surface area contributed by atoms with Crippen LogP contribution in [-0.4, -0.2) is 23.7 Å². The first-order valence-electron chi connectivity index (χ1n) is 6.11. The van der Waals surface area contributed by atoms with E-state index in [2.05, 4.69) is 10.6 Å². The molecule has 0 atom stereocenters. The Morgan fingerprint density at radius 2 is 1.89 bits per heavy atom. The highest BCUT2D eigenvalue weighted by Crippen LogP contribution is 2.11. The van der Waals surface area contributed by atoms with Crippen LogP contribution >= 0.6 is 0 Å². The first kappa shape index (κ1) is 14.9. The molecule has 2 amide bonds. The number of carboxylic acids is 1. The second-order valence-electron chi connectivity index (χ2n) is 4.07.